The summed E-state index contributed by atoms with van der Waals surface area (Å²) in [7, 11) is -3.78. The van der Waals surface area contributed by atoms with Crippen LogP contribution in [-0.2, 0) is 10.1 Å². The Morgan fingerprint density at radius 2 is 1.80 bits per heavy atom. The average Bonchev–Trinajstić information content (AvgIpc) is 1.63. The number of nitrogens with one attached hydrogen (secondary N) is 1. The predicted molar refractivity (Wildman–Crippen MR) is 34.8 cm³/mol. The molecular formula is C4H10KNO3S. The Balaban J connectivity index is 0. The second-order valence-electron chi connectivity index (χ2n) is 1.74. The molecule has 6 heteroatoms. The zero-order chi connectivity index (χ0) is 7.33. The van der Waals surface area contributed by atoms with E-state index in [1.807, 2.05) is 0 Å². The van der Waals surface area contributed by atoms with Crippen molar-refractivity contribution in [1.29, 1.82) is 0 Å². The molecule has 0 aromatic heterocycles. The van der Waals surface area contributed by atoms with Crippen LogP contribution in [0, 0.1) is 0 Å². The zero-order valence-corrected chi connectivity index (χ0v) is 9.94. The summed E-state index contributed by atoms with van der Waals surface area (Å²) in [6.45, 7) is 0.218. The van der Waals surface area contributed by atoms with Crippen LogP contribution in [0.5, 0.6) is 0 Å². The maximum absolute atomic E-state index is 10.0. The SMILES string of the molecule is [K+].[NH-]CCCCS(=O)(=O)O. The van der Waals surface area contributed by atoms with E-state index in [1.54, 1.807) is 0 Å². The van der Waals surface area contributed by atoms with Gasteiger partial charge in [-0.25, -0.2) is 0 Å². The second kappa shape index (κ2) is 7.17. The van der Waals surface area contributed by atoms with Crippen LogP contribution in [0.3, 0.4) is 0 Å². The van der Waals surface area contributed by atoms with E-state index in [9.17, 15) is 8.42 Å². The van der Waals surface area contributed by atoms with E-state index < -0.39 is 10.1 Å². The van der Waals surface area contributed by atoms with Gasteiger partial charge in [0, 0.05) is 0 Å². The predicted octanol–water partition coefficient (Wildman–Crippen LogP) is -2.29. The minimum atomic E-state index is -3.78. The summed E-state index contributed by atoms with van der Waals surface area (Å²) >= 11 is 0. The summed E-state index contributed by atoms with van der Waals surface area (Å²) in [5, 5.41) is 0. The molecule has 0 saturated heterocycles. The van der Waals surface area contributed by atoms with Crippen molar-refractivity contribution < 1.29 is 64.4 Å². The van der Waals surface area contributed by atoms with Crippen molar-refractivity contribution in [3.05, 3.63) is 5.73 Å². The maximum Gasteiger partial charge on any atom is 1.00 e. The molecule has 0 bridgehead atoms. The van der Waals surface area contributed by atoms with E-state index in [-0.39, 0.29) is 63.7 Å². The van der Waals surface area contributed by atoms with Crippen LogP contribution in [-0.4, -0.2) is 25.3 Å². The van der Waals surface area contributed by atoms with Crippen LogP contribution in [0.1, 0.15) is 12.8 Å². The van der Waals surface area contributed by atoms with Crippen molar-refractivity contribution >= 4 is 10.1 Å². The number of unbranched alkanes of at least 4 members (excludes halogenated alkanes) is 1. The first-order valence-corrected chi connectivity index (χ1v) is 4.27. The van der Waals surface area contributed by atoms with Crippen molar-refractivity contribution in [2.75, 3.05) is 12.3 Å². The van der Waals surface area contributed by atoms with Crippen LogP contribution in [0.15, 0.2) is 0 Å². The van der Waals surface area contributed by atoms with Crippen molar-refractivity contribution in [1.82, 2.24) is 0 Å². The van der Waals surface area contributed by atoms with Crippen LogP contribution < -0.4 is 51.4 Å². The molecule has 0 amide bonds. The Hall–Kier alpha value is 1.51. The van der Waals surface area contributed by atoms with E-state index in [4.69, 9.17) is 10.3 Å². The molecule has 2 N–H and O–H groups in total. The topological polar surface area (TPSA) is 78.2 Å². The molecule has 0 fully saturated rings. The van der Waals surface area contributed by atoms with Crippen LogP contribution in [0.25, 0.3) is 5.73 Å². The fraction of sp³-hybridized carbons (Fsp3) is 1.00. The van der Waals surface area contributed by atoms with E-state index in [2.05, 4.69) is 0 Å². The van der Waals surface area contributed by atoms with E-state index in [0.29, 0.717) is 12.8 Å². The first-order valence-electron chi connectivity index (χ1n) is 2.66. The molecule has 10 heavy (non-hydrogen) atoms. The molecule has 0 unspecified atom stereocenters. The quantitative estimate of drug-likeness (QED) is 0.309. The van der Waals surface area contributed by atoms with Crippen LogP contribution >= 0.6 is 0 Å². The van der Waals surface area contributed by atoms with Gasteiger partial charge >= 0.3 is 51.4 Å². The summed E-state index contributed by atoms with van der Waals surface area (Å²) in [4.78, 5) is 0. The minimum Gasteiger partial charge on any atom is -0.677 e. The first kappa shape index (κ1) is 14.1. The van der Waals surface area contributed by atoms with Gasteiger partial charge in [-0.05, 0) is 6.42 Å². The normalized spacial score (nSPS) is 10.6. The van der Waals surface area contributed by atoms with Gasteiger partial charge in [-0.1, -0.05) is 6.42 Å². The molecule has 4 nitrogen and oxygen atoms in total. The van der Waals surface area contributed by atoms with Gasteiger partial charge in [0.2, 0.25) is 0 Å². The molecule has 0 aliphatic rings. The molecule has 0 aliphatic carbocycles. The third kappa shape index (κ3) is 12.2. The average molecular weight is 191 g/mol. The molecule has 0 spiro atoms. The van der Waals surface area contributed by atoms with E-state index in [1.165, 1.54) is 0 Å². The van der Waals surface area contributed by atoms with Gasteiger partial charge in [-0.3, -0.25) is 4.55 Å². The summed E-state index contributed by atoms with van der Waals surface area (Å²) in [5.41, 5.74) is 6.63. The summed E-state index contributed by atoms with van der Waals surface area (Å²) in [6.07, 6.45) is 0.905. The summed E-state index contributed by atoms with van der Waals surface area (Å²) in [5.74, 6) is -0.216. The molecule has 0 saturated carbocycles. The van der Waals surface area contributed by atoms with Gasteiger partial charge in [0.25, 0.3) is 10.1 Å². The van der Waals surface area contributed by atoms with E-state index >= 15 is 0 Å². The van der Waals surface area contributed by atoms with Gasteiger partial charge in [-0.2, -0.15) is 15.0 Å². The van der Waals surface area contributed by atoms with Gasteiger partial charge in [-0.15, -0.1) is 0 Å². The Kier molecular flexibility index (Phi) is 10.1. The zero-order valence-electron chi connectivity index (χ0n) is 6.00. The molecule has 0 aliphatic heterocycles. The molecule has 0 rings (SSSR count). The number of rotatable bonds is 4. The molecule has 56 valence electrons. The van der Waals surface area contributed by atoms with Gasteiger partial charge in [0.1, 0.15) is 0 Å². The molecular weight excluding hydrogens is 181 g/mol. The van der Waals surface area contributed by atoms with Crippen molar-refractivity contribution in [3.8, 4) is 0 Å². The maximum atomic E-state index is 10.0. The number of hydrogen-bond acceptors (Lipinski definition) is 2. The van der Waals surface area contributed by atoms with E-state index in [0.717, 1.165) is 0 Å². The Morgan fingerprint density at radius 1 is 1.30 bits per heavy atom. The molecule has 0 aromatic rings. The molecule has 0 radical (unpaired) electrons. The fourth-order valence-corrected chi connectivity index (χ4v) is 0.978. The smallest absolute Gasteiger partial charge is 0.677 e. The van der Waals surface area contributed by atoms with Crippen LogP contribution in [0.2, 0.25) is 0 Å². The van der Waals surface area contributed by atoms with Gasteiger partial charge in [0.05, 0.1) is 5.75 Å². The van der Waals surface area contributed by atoms with Crippen molar-refractivity contribution in [2.24, 2.45) is 0 Å². The number of hydrogen-bond donors (Lipinski definition) is 1. The Labute approximate surface area is 104 Å². The Bertz CT molecular complexity index is 156. The monoisotopic (exact) mass is 191 g/mol. The van der Waals surface area contributed by atoms with Gasteiger partial charge in [0.15, 0.2) is 0 Å². The third-order valence-electron chi connectivity index (χ3n) is 0.829. The summed E-state index contributed by atoms with van der Waals surface area (Å²) in [6, 6.07) is 0. The standard InChI is InChI=1S/C4H10NO3S.K/c5-3-1-2-4-9(6,7)8;/h5H,1-4H2,(H,6,7,8);/q-1;+1. The molecule has 0 atom stereocenters. The minimum absolute atomic E-state index is 0. The van der Waals surface area contributed by atoms with Crippen molar-refractivity contribution in [2.45, 2.75) is 12.8 Å². The Morgan fingerprint density at radius 3 is 2.10 bits per heavy atom. The second-order valence-corrected chi connectivity index (χ2v) is 3.32. The molecule has 0 heterocycles. The molecule has 0 aromatic carbocycles. The van der Waals surface area contributed by atoms with Crippen LogP contribution in [0.4, 0.5) is 0 Å². The summed E-state index contributed by atoms with van der Waals surface area (Å²) < 4.78 is 28.2. The van der Waals surface area contributed by atoms with Gasteiger partial charge < -0.3 is 5.73 Å². The fourth-order valence-electron chi connectivity index (χ4n) is 0.409. The first-order chi connectivity index (χ1) is 4.06. The third-order valence-corrected chi connectivity index (χ3v) is 1.63. The largest absolute Gasteiger partial charge is 1.00 e. The van der Waals surface area contributed by atoms with Crippen molar-refractivity contribution in [3.63, 3.8) is 0 Å².